The molecule has 126 valence electrons. The maximum absolute atomic E-state index is 9.77. The van der Waals surface area contributed by atoms with Gasteiger partial charge in [-0.2, -0.15) is 0 Å². The van der Waals surface area contributed by atoms with Gasteiger partial charge >= 0.3 is 11.9 Å². The van der Waals surface area contributed by atoms with Crippen LogP contribution in [0.1, 0.15) is 23.6 Å². The predicted octanol–water partition coefficient (Wildman–Crippen LogP) is 0.327. The second-order valence-electron chi connectivity index (χ2n) is 5.05. The number of fused-ring (bicyclic) bond motifs is 1. The molecule has 3 atom stereocenters. The molecule has 0 bridgehead atoms. The van der Waals surface area contributed by atoms with Crippen LogP contribution < -0.4 is 5.32 Å². The number of hydrogen-bond donors (Lipinski definition) is 5. The van der Waals surface area contributed by atoms with E-state index in [2.05, 4.69) is 36.2 Å². The van der Waals surface area contributed by atoms with Gasteiger partial charge in [0.2, 0.25) is 0 Å². The van der Waals surface area contributed by atoms with E-state index in [1.165, 1.54) is 24.0 Å². The van der Waals surface area contributed by atoms with Crippen LogP contribution in [0.25, 0.3) is 0 Å². The Balaban J connectivity index is 0.000000241. The summed E-state index contributed by atoms with van der Waals surface area (Å²) in [4.78, 5) is 19.5. The molecule has 7 heteroatoms. The number of carboxylic acid groups (broad SMARTS) is 2. The Morgan fingerprint density at radius 3 is 2.30 bits per heavy atom. The Morgan fingerprint density at radius 1 is 1.22 bits per heavy atom. The first-order valence-electron chi connectivity index (χ1n) is 7.12. The molecular weight excluding hydrogens is 302 g/mol. The largest absolute Gasteiger partial charge is 0.479 e. The van der Waals surface area contributed by atoms with E-state index in [0.717, 1.165) is 6.54 Å². The normalized spacial score (nSPS) is 18.1. The SMILES string of the molecule is C=CCN[C@@H]1CCc2ccccc21.O=C(O)C(O)C(O)C(=O)O. The van der Waals surface area contributed by atoms with Gasteiger partial charge in [0.1, 0.15) is 0 Å². The molecule has 1 aromatic rings. The number of aliphatic hydroxyl groups is 2. The zero-order valence-electron chi connectivity index (χ0n) is 12.6. The highest BCUT2D eigenvalue weighted by atomic mass is 16.4. The average molecular weight is 323 g/mol. The minimum atomic E-state index is -2.27. The van der Waals surface area contributed by atoms with E-state index in [1.807, 2.05) is 6.08 Å². The minimum Gasteiger partial charge on any atom is -0.479 e. The highest BCUT2D eigenvalue weighted by Gasteiger charge is 2.29. The lowest BCUT2D eigenvalue weighted by Crippen LogP contribution is -2.39. The summed E-state index contributed by atoms with van der Waals surface area (Å²) in [5.74, 6) is -3.54. The lowest BCUT2D eigenvalue weighted by atomic mass is 10.1. The standard InChI is InChI=1S/C12H15N.C4H6O6/c1-2-9-13-12-8-7-10-5-3-4-6-11(10)12;5-1(3(7)8)2(6)4(9)10/h2-6,12-13H,1,7-9H2;1-2,5-6H,(H,7,8)(H,9,10)/t12-;/m1./s1. The van der Waals surface area contributed by atoms with E-state index >= 15 is 0 Å². The van der Waals surface area contributed by atoms with Crippen LogP contribution in [-0.2, 0) is 16.0 Å². The third-order valence-electron chi connectivity index (χ3n) is 3.45. The van der Waals surface area contributed by atoms with Gasteiger partial charge in [0.15, 0.2) is 12.2 Å². The van der Waals surface area contributed by atoms with E-state index in [4.69, 9.17) is 20.4 Å². The first kappa shape index (κ1) is 18.8. The third-order valence-corrected chi connectivity index (χ3v) is 3.45. The fraction of sp³-hybridized carbons (Fsp3) is 0.375. The molecule has 2 unspecified atom stereocenters. The Hall–Kier alpha value is -2.22. The molecule has 0 saturated heterocycles. The zero-order valence-corrected chi connectivity index (χ0v) is 12.6. The molecule has 1 aliphatic rings. The molecule has 0 aromatic heterocycles. The van der Waals surface area contributed by atoms with Crippen molar-refractivity contribution in [3.8, 4) is 0 Å². The molecule has 0 spiro atoms. The first-order chi connectivity index (χ1) is 10.9. The van der Waals surface area contributed by atoms with E-state index in [1.54, 1.807) is 0 Å². The first-order valence-corrected chi connectivity index (χ1v) is 7.12. The molecule has 23 heavy (non-hydrogen) atoms. The Morgan fingerprint density at radius 2 is 1.78 bits per heavy atom. The molecule has 0 saturated carbocycles. The van der Waals surface area contributed by atoms with Crippen molar-refractivity contribution in [2.24, 2.45) is 0 Å². The van der Waals surface area contributed by atoms with Gasteiger partial charge < -0.3 is 25.7 Å². The summed E-state index contributed by atoms with van der Waals surface area (Å²) in [6.45, 7) is 4.62. The van der Waals surface area contributed by atoms with Crippen molar-refractivity contribution in [3.63, 3.8) is 0 Å². The number of aliphatic carboxylic acids is 2. The Kier molecular flexibility index (Phi) is 7.40. The van der Waals surface area contributed by atoms with Gasteiger partial charge in [-0.3, -0.25) is 0 Å². The van der Waals surface area contributed by atoms with Crippen LogP contribution in [0.2, 0.25) is 0 Å². The average Bonchev–Trinajstić information content (AvgIpc) is 2.95. The Bertz CT molecular complexity index is 541. The van der Waals surface area contributed by atoms with Crippen LogP contribution in [0, 0.1) is 0 Å². The summed E-state index contributed by atoms with van der Waals surface area (Å²) < 4.78 is 0. The van der Waals surface area contributed by atoms with Crippen LogP contribution in [0.15, 0.2) is 36.9 Å². The van der Waals surface area contributed by atoms with Crippen molar-refractivity contribution in [1.29, 1.82) is 0 Å². The second kappa shape index (κ2) is 9.04. The van der Waals surface area contributed by atoms with E-state index in [9.17, 15) is 9.59 Å². The molecule has 0 fully saturated rings. The van der Waals surface area contributed by atoms with Gasteiger partial charge in [-0.15, -0.1) is 6.58 Å². The molecule has 1 aromatic carbocycles. The minimum absolute atomic E-state index is 0.550. The highest BCUT2D eigenvalue weighted by molar-refractivity contribution is 5.83. The lowest BCUT2D eigenvalue weighted by molar-refractivity contribution is -0.165. The number of rotatable bonds is 6. The Labute approximate surface area is 133 Å². The number of nitrogens with one attached hydrogen (secondary N) is 1. The van der Waals surface area contributed by atoms with Gasteiger partial charge in [0.25, 0.3) is 0 Å². The van der Waals surface area contributed by atoms with Crippen molar-refractivity contribution in [3.05, 3.63) is 48.0 Å². The number of carboxylic acids is 2. The summed E-state index contributed by atoms with van der Waals surface area (Å²) in [6, 6.07) is 9.24. The van der Waals surface area contributed by atoms with Gasteiger partial charge in [0.05, 0.1) is 0 Å². The number of carbonyl (C=O) groups is 2. The molecule has 7 nitrogen and oxygen atoms in total. The molecule has 0 aliphatic heterocycles. The van der Waals surface area contributed by atoms with Crippen LogP contribution in [0.5, 0.6) is 0 Å². The molecule has 2 rings (SSSR count). The summed E-state index contributed by atoms with van der Waals surface area (Å²) in [6.07, 6.45) is -0.172. The van der Waals surface area contributed by atoms with E-state index in [-0.39, 0.29) is 0 Å². The molecule has 0 amide bonds. The van der Waals surface area contributed by atoms with Gasteiger partial charge in [0, 0.05) is 12.6 Å². The van der Waals surface area contributed by atoms with Crippen molar-refractivity contribution in [1.82, 2.24) is 5.32 Å². The van der Waals surface area contributed by atoms with E-state index in [0.29, 0.717) is 6.04 Å². The molecule has 0 heterocycles. The predicted molar refractivity (Wildman–Crippen MR) is 83.0 cm³/mol. The topological polar surface area (TPSA) is 127 Å². The summed E-state index contributed by atoms with van der Waals surface area (Å²) in [5, 5.41) is 36.0. The van der Waals surface area contributed by atoms with Crippen molar-refractivity contribution >= 4 is 11.9 Å². The smallest absolute Gasteiger partial charge is 0.335 e. The van der Waals surface area contributed by atoms with Gasteiger partial charge in [-0.05, 0) is 24.0 Å². The van der Waals surface area contributed by atoms with Gasteiger partial charge in [-0.25, -0.2) is 9.59 Å². The molecule has 5 N–H and O–H groups in total. The second-order valence-corrected chi connectivity index (χ2v) is 5.05. The van der Waals surface area contributed by atoms with Crippen molar-refractivity contribution in [2.75, 3.05) is 6.54 Å². The number of hydrogen-bond acceptors (Lipinski definition) is 5. The number of aliphatic hydroxyl groups excluding tert-OH is 2. The summed E-state index contributed by atoms with van der Waals surface area (Å²) >= 11 is 0. The maximum atomic E-state index is 9.77. The van der Waals surface area contributed by atoms with Crippen LogP contribution in [0.3, 0.4) is 0 Å². The third kappa shape index (κ3) is 5.48. The quantitative estimate of drug-likeness (QED) is 0.477. The number of benzene rings is 1. The molecular formula is C16H21NO6. The van der Waals surface area contributed by atoms with Crippen LogP contribution in [-0.4, -0.2) is 51.1 Å². The number of aryl methyl sites for hydroxylation is 1. The van der Waals surface area contributed by atoms with Crippen molar-refractivity contribution < 1.29 is 30.0 Å². The maximum Gasteiger partial charge on any atom is 0.335 e. The van der Waals surface area contributed by atoms with E-state index < -0.39 is 24.1 Å². The fourth-order valence-electron chi connectivity index (χ4n) is 2.26. The van der Waals surface area contributed by atoms with Gasteiger partial charge in [-0.1, -0.05) is 30.3 Å². The van der Waals surface area contributed by atoms with Crippen molar-refractivity contribution in [2.45, 2.75) is 31.1 Å². The highest BCUT2D eigenvalue weighted by Crippen LogP contribution is 2.30. The fourth-order valence-corrected chi connectivity index (χ4v) is 2.26. The summed E-state index contributed by atoms with van der Waals surface area (Å²) in [5.41, 5.74) is 2.98. The molecule has 0 radical (unpaired) electrons. The zero-order chi connectivity index (χ0) is 17.4. The monoisotopic (exact) mass is 323 g/mol. The van der Waals surface area contributed by atoms with Crippen LogP contribution in [0.4, 0.5) is 0 Å². The summed E-state index contributed by atoms with van der Waals surface area (Å²) in [7, 11) is 0. The van der Waals surface area contributed by atoms with Crippen LogP contribution >= 0.6 is 0 Å². The molecule has 1 aliphatic carbocycles. The lowest BCUT2D eigenvalue weighted by Gasteiger charge is -2.11.